The topological polar surface area (TPSA) is 13.1 Å². The highest BCUT2D eigenvalue weighted by Crippen LogP contribution is 2.46. The molecule has 0 aliphatic heterocycles. The third-order valence-corrected chi connectivity index (χ3v) is 6.95. The zero-order valence-corrected chi connectivity index (χ0v) is 21.4. The first-order valence-electron chi connectivity index (χ1n) is 25.7. The van der Waals surface area contributed by atoms with E-state index < -0.39 is 245 Å². The molecule has 43 heavy (non-hydrogen) atoms. The summed E-state index contributed by atoms with van der Waals surface area (Å²) in [6.45, 7) is 0. The number of benzene rings is 8. The molecule has 0 atom stereocenters. The van der Waals surface area contributed by atoms with Gasteiger partial charge in [0.2, 0.25) is 0 Å². The van der Waals surface area contributed by atoms with E-state index in [4.69, 9.17) is 29.1 Å². The monoisotopic (exact) mass is 572 g/mol. The van der Waals surface area contributed by atoms with Gasteiger partial charge in [-0.15, -0.1) is 0 Å². The van der Waals surface area contributed by atoms with Gasteiger partial charge < -0.3 is 4.42 Å². The molecule has 9 rings (SSSR count). The number of hydrogen-bond acceptors (Lipinski definition) is 1. The molecule has 1 aromatic heterocycles. The van der Waals surface area contributed by atoms with Crippen LogP contribution in [0.15, 0.2) is 162 Å². The molecule has 0 radical (unpaired) electrons. The van der Waals surface area contributed by atoms with Crippen molar-refractivity contribution in [3.05, 3.63) is 157 Å². The maximum absolute atomic E-state index is 9.66. The fourth-order valence-corrected chi connectivity index (χ4v) is 5.14. The molecule has 8 aromatic carbocycles. The molecule has 0 aliphatic carbocycles. The largest absolute Gasteiger partial charge is 0.456 e. The smallest absolute Gasteiger partial charge is 0.136 e. The average molecular weight is 573 g/mol. The van der Waals surface area contributed by atoms with E-state index in [9.17, 15) is 11.0 Å². The number of fused-ring (bicyclic) bond motifs is 6. The van der Waals surface area contributed by atoms with Crippen molar-refractivity contribution < 1.29 is 40.1 Å². The van der Waals surface area contributed by atoms with Crippen molar-refractivity contribution in [3.63, 3.8) is 0 Å². The Morgan fingerprint density at radius 2 is 0.860 bits per heavy atom. The summed E-state index contributed by atoms with van der Waals surface area (Å²) in [5, 5.41) is -4.97. The second-order valence-electron chi connectivity index (χ2n) is 9.26. The molecule has 0 spiro atoms. The maximum atomic E-state index is 9.66. The lowest BCUT2D eigenvalue weighted by atomic mass is 9.84. The molecule has 1 nitrogen and oxygen atoms in total. The minimum Gasteiger partial charge on any atom is -0.456 e. The van der Waals surface area contributed by atoms with Crippen LogP contribution in [0.5, 0.6) is 0 Å². The van der Waals surface area contributed by atoms with Crippen molar-refractivity contribution in [1.82, 2.24) is 0 Å². The fraction of sp³-hybridized carbons (Fsp3) is 0. The van der Waals surface area contributed by atoms with E-state index in [1.54, 1.807) is 0 Å². The Morgan fingerprint density at radius 1 is 0.349 bits per heavy atom. The third kappa shape index (κ3) is 3.72. The molecule has 0 aliphatic rings. The Labute approximate surface area is 285 Å². The van der Waals surface area contributed by atoms with Crippen LogP contribution in [0.1, 0.15) is 35.6 Å². The lowest BCUT2D eigenvalue weighted by molar-refractivity contribution is 0.669. The molecule has 0 bridgehead atoms. The molecule has 1 heteroatoms. The van der Waals surface area contributed by atoms with Gasteiger partial charge in [-0.2, -0.15) is 0 Å². The van der Waals surface area contributed by atoms with E-state index in [-0.39, 0.29) is 0 Å². The van der Waals surface area contributed by atoms with E-state index in [2.05, 4.69) is 0 Å². The molecular weight excluding hydrogens is 520 g/mol. The SMILES string of the molecule is [2H]c1c([2H])c([2H])c(-c2c([2H])c([2H])c3c(oc4c([2H])c(-c5c6c([2H])c([2H])c([2H])c([2H])c6c(-c6c([2H])c([2H])c([2H])c7c([2H])c([2H])c([2H])c([2H])c67)c6c([2H])c([2H])c([2H])c([2H])c56)c([2H])c([2H])c43)c2[2H])c([2H])c1[2H]. The van der Waals surface area contributed by atoms with E-state index in [1.807, 2.05) is 0 Å². The van der Waals surface area contributed by atoms with E-state index in [1.165, 1.54) is 0 Å². The molecule has 0 N–H and O–H groups in total. The zero-order chi connectivity index (χ0) is 51.0. The van der Waals surface area contributed by atoms with Gasteiger partial charge in [0.05, 0.1) is 35.6 Å². The van der Waals surface area contributed by atoms with Gasteiger partial charge in [-0.1, -0.05) is 133 Å². The van der Waals surface area contributed by atoms with Crippen molar-refractivity contribution in [1.29, 1.82) is 0 Å². The van der Waals surface area contributed by atoms with Gasteiger partial charge in [-0.25, -0.2) is 0 Å². The van der Waals surface area contributed by atoms with Crippen molar-refractivity contribution in [2.45, 2.75) is 0 Å². The zero-order valence-electron chi connectivity index (χ0n) is 47.4. The Morgan fingerprint density at radius 3 is 1.53 bits per heavy atom. The predicted molar refractivity (Wildman–Crippen MR) is 183 cm³/mol. The minimum atomic E-state index is -0.967. The van der Waals surface area contributed by atoms with Crippen LogP contribution in [0.25, 0.3) is 87.6 Å². The summed E-state index contributed by atoms with van der Waals surface area (Å²) in [6, 6.07) is -23.1. The van der Waals surface area contributed by atoms with Crippen LogP contribution < -0.4 is 0 Å². The van der Waals surface area contributed by atoms with Crippen molar-refractivity contribution in [2.24, 2.45) is 0 Å². The van der Waals surface area contributed by atoms with Crippen LogP contribution in [-0.2, 0) is 0 Å². The molecule has 0 fully saturated rings. The van der Waals surface area contributed by atoms with E-state index in [0.717, 1.165) is 0 Å². The summed E-state index contributed by atoms with van der Waals surface area (Å²) >= 11 is 0. The van der Waals surface area contributed by atoms with Gasteiger partial charge in [0.25, 0.3) is 0 Å². The first-order valence-corrected chi connectivity index (χ1v) is 12.7. The Balaban J connectivity index is 1.57. The van der Waals surface area contributed by atoms with Crippen molar-refractivity contribution >= 4 is 54.3 Å². The van der Waals surface area contributed by atoms with Gasteiger partial charge in [-0.3, -0.25) is 0 Å². The molecule has 0 saturated heterocycles. The van der Waals surface area contributed by atoms with Crippen LogP contribution >= 0.6 is 0 Å². The first-order chi connectivity index (χ1) is 32.2. The highest BCUT2D eigenvalue weighted by atomic mass is 16.3. The second-order valence-corrected chi connectivity index (χ2v) is 9.26. The molecule has 9 aromatic rings. The summed E-state index contributed by atoms with van der Waals surface area (Å²) in [6.07, 6.45) is 0. The Bertz CT molecular complexity index is 3850. The van der Waals surface area contributed by atoms with E-state index >= 15 is 0 Å². The molecule has 0 unspecified atom stereocenters. The Kier molecular flexibility index (Phi) is 2.13. The van der Waals surface area contributed by atoms with Crippen LogP contribution in [0, 0.1) is 0 Å². The molecule has 0 amide bonds. The standard InChI is InChI=1S/C42H26O/c1-2-11-27(12-3-1)29-21-23-32-33-24-22-30(26-40(33)43-39(32)25-29)41-35-16-6-8-18-37(35)42(38-19-9-7-17-36(38)41)34-20-10-14-28-13-4-5-15-31(28)34/h1-26H/i1D,2D,3D,4D,5D,6D,7D,8D,9D,10D,11D,12D,13D,14D,15D,16D,17D,18D,19D,20D,21D,22D,23D,24D,25D,26D. The average Bonchev–Trinajstić information content (AvgIpc) is 3.74. The molecule has 200 valence electrons. The molecular formula is C42H26O. The third-order valence-electron chi connectivity index (χ3n) is 6.95. The van der Waals surface area contributed by atoms with Crippen molar-refractivity contribution in [2.75, 3.05) is 0 Å². The number of rotatable bonds is 3. The van der Waals surface area contributed by atoms with Gasteiger partial charge in [0.1, 0.15) is 11.2 Å². The predicted octanol–water partition coefficient (Wildman–Crippen LogP) is 12.0. The quantitative estimate of drug-likeness (QED) is 0.192. The molecule has 0 saturated carbocycles. The van der Waals surface area contributed by atoms with Crippen LogP contribution in [0.4, 0.5) is 0 Å². The van der Waals surface area contributed by atoms with E-state index in [0.29, 0.717) is 0 Å². The Hall–Kier alpha value is -5.66. The van der Waals surface area contributed by atoms with Crippen molar-refractivity contribution in [3.8, 4) is 33.4 Å². The number of hydrogen-bond donors (Lipinski definition) is 0. The lowest BCUT2D eigenvalue weighted by Crippen LogP contribution is -1.91. The summed E-state index contributed by atoms with van der Waals surface area (Å²) in [5.74, 6) is 0. The first kappa shape index (κ1) is 9.69. The van der Waals surface area contributed by atoms with Crippen LogP contribution in [0.3, 0.4) is 0 Å². The summed E-state index contributed by atoms with van der Waals surface area (Å²) in [7, 11) is 0. The van der Waals surface area contributed by atoms with Gasteiger partial charge in [0, 0.05) is 10.8 Å². The second kappa shape index (κ2) is 9.44. The summed E-state index contributed by atoms with van der Waals surface area (Å²) in [5.41, 5.74) is -5.41. The summed E-state index contributed by atoms with van der Waals surface area (Å²) in [4.78, 5) is 0. The molecule has 1 heterocycles. The van der Waals surface area contributed by atoms with Gasteiger partial charge in [-0.05, 0) is 89.9 Å². The number of furan rings is 1. The fourth-order valence-electron chi connectivity index (χ4n) is 5.14. The van der Waals surface area contributed by atoms with Crippen LogP contribution in [-0.4, -0.2) is 0 Å². The maximum Gasteiger partial charge on any atom is 0.136 e. The van der Waals surface area contributed by atoms with Gasteiger partial charge in [0.15, 0.2) is 0 Å². The summed E-state index contributed by atoms with van der Waals surface area (Å²) < 4.78 is 237. The van der Waals surface area contributed by atoms with Gasteiger partial charge >= 0.3 is 0 Å². The lowest BCUT2D eigenvalue weighted by Gasteiger charge is -2.18. The highest BCUT2D eigenvalue weighted by molar-refractivity contribution is 6.24. The van der Waals surface area contributed by atoms with Crippen LogP contribution in [0.2, 0.25) is 0 Å². The highest BCUT2D eigenvalue weighted by Gasteiger charge is 2.19. The normalized spacial score (nSPS) is 20.2. The minimum absolute atomic E-state index is 0.480.